The van der Waals surface area contributed by atoms with Crippen molar-refractivity contribution in [2.45, 2.75) is 100 Å². The van der Waals surface area contributed by atoms with Gasteiger partial charge in [-0.2, -0.15) is 57.1 Å². The van der Waals surface area contributed by atoms with Crippen LogP contribution in [0.15, 0.2) is 30.3 Å². The van der Waals surface area contributed by atoms with Crippen molar-refractivity contribution in [1.29, 1.82) is 0 Å². The number of alkyl halides is 13. The molecule has 15 heteroatoms. The van der Waals surface area contributed by atoms with Crippen LogP contribution in [0.4, 0.5) is 57.1 Å². The van der Waals surface area contributed by atoms with Crippen molar-refractivity contribution in [3.63, 3.8) is 0 Å². The van der Waals surface area contributed by atoms with Gasteiger partial charge in [-0.1, -0.05) is 57.5 Å². The normalized spacial score (nSPS) is 22.2. The summed E-state index contributed by atoms with van der Waals surface area (Å²) in [4.78, 5) is 12.3. The van der Waals surface area contributed by atoms with Crippen molar-refractivity contribution in [3.05, 3.63) is 35.9 Å². The van der Waals surface area contributed by atoms with Crippen LogP contribution in [0, 0.1) is 11.8 Å². The number of hydrogen-bond donors (Lipinski definition) is 0. The fourth-order valence-corrected chi connectivity index (χ4v) is 4.81. The molecule has 3 atom stereocenters. The van der Waals surface area contributed by atoms with Crippen molar-refractivity contribution in [2.75, 3.05) is 0 Å². The van der Waals surface area contributed by atoms with Gasteiger partial charge >= 0.3 is 41.8 Å². The second kappa shape index (κ2) is 10.9. The zero-order valence-electron chi connectivity index (χ0n) is 21.4. The van der Waals surface area contributed by atoms with Crippen LogP contribution < -0.4 is 0 Å². The van der Waals surface area contributed by atoms with E-state index in [2.05, 4.69) is 0 Å². The summed E-state index contributed by atoms with van der Waals surface area (Å²) in [5.74, 6) is -39.4. The van der Waals surface area contributed by atoms with E-state index in [4.69, 9.17) is 4.74 Å². The van der Waals surface area contributed by atoms with Gasteiger partial charge in [0.15, 0.2) is 0 Å². The lowest BCUT2D eigenvalue weighted by Gasteiger charge is -2.44. The minimum atomic E-state index is -7.97. The largest absolute Gasteiger partial charge is 0.462 e. The molecule has 0 heterocycles. The molecule has 1 aromatic rings. The highest BCUT2D eigenvalue weighted by Crippen LogP contribution is 2.60. The average molecular weight is 606 g/mol. The molecule has 2 rings (SSSR count). The number of halogens is 13. The van der Waals surface area contributed by atoms with Crippen molar-refractivity contribution in [2.24, 2.45) is 11.8 Å². The third kappa shape index (κ3) is 5.88. The van der Waals surface area contributed by atoms with Gasteiger partial charge in [0.1, 0.15) is 6.10 Å². The Morgan fingerprint density at radius 3 is 1.77 bits per heavy atom. The monoisotopic (exact) mass is 606 g/mol. The van der Waals surface area contributed by atoms with Gasteiger partial charge in [-0.15, -0.1) is 0 Å². The van der Waals surface area contributed by atoms with Gasteiger partial charge in [0.2, 0.25) is 0 Å². The second-order valence-electron chi connectivity index (χ2n) is 10.6. The van der Waals surface area contributed by atoms with Crippen LogP contribution in [0.2, 0.25) is 0 Å². The van der Waals surface area contributed by atoms with E-state index in [1.165, 1.54) is 0 Å². The van der Waals surface area contributed by atoms with E-state index in [0.29, 0.717) is 12.8 Å². The smallest absolute Gasteiger partial charge is 0.460 e. The number of carbonyl (C=O) groups is 1. The zero-order valence-corrected chi connectivity index (χ0v) is 21.4. The van der Waals surface area contributed by atoms with Gasteiger partial charge in [-0.25, -0.2) is 0 Å². The van der Waals surface area contributed by atoms with Crippen LogP contribution in [-0.4, -0.2) is 47.9 Å². The van der Waals surface area contributed by atoms with Gasteiger partial charge in [0.05, 0.1) is 6.42 Å². The van der Waals surface area contributed by atoms with Crippen LogP contribution in [0.1, 0.15) is 58.4 Å². The molecule has 1 aliphatic carbocycles. The predicted octanol–water partition coefficient (Wildman–Crippen LogP) is 8.83. The van der Waals surface area contributed by atoms with E-state index in [1.807, 2.05) is 13.8 Å². The van der Waals surface area contributed by atoms with Crippen LogP contribution in [0.3, 0.4) is 0 Å². The summed E-state index contributed by atoms with van der Waals surface area (Å²) < 4.78 is 178. The maximum absolute atomic E-state index is 14.1. The molecule has 0 saturated heterocycles. The van der Waals surface area contributed by atoms with Gasteiger partial charge in [0, 0.05) is 12.3 Å². The van der Waals surface area contributed by atoms with E-state index in [-0.39, 0.29) is 12.3 Å². The lowest BCUT2D eigenvalue weighted by molar-refractivity contribution is -0.440. The van der Waals surface area contributed by atoms with E-state index >= 15 is 0 Å². The molecule has 0 unspecified atom stereocenters. The molecule has 230 valence electrons. The molecule has 0 aliphatic heterocycles. The number of rotatable bonds is 10. The standard InChI is InChI=1S/C25H27F13O2/c1-14-9-10-16(19(2,3)15-7-5-4-6-8-15)17(13-14)40-18(39)11-12-20(26,27)21(28,29)22(30,31)23(32,33)24(34,35)25(36,37)38/h4-8,14,16-17H,9-13H2,1-3H3/t14-,16-,17-/m1/s1. The van der Waals surface area contributed by atoms with E-state index in [1.54, 1.807) is 37.3 Å². The third-order valence-corrected chi connectivity index (χ3v) is 7.42. The van der Waals surface area contributed by atoms with E-state index < -0.39 is 72.0 Å². The van der Waals surface area contributed by atoms with E-state index in [0.717, 1.165) is 5.56 Å². The van der Waals surface area contributed by atoms with Crippen molar-refractivity contribution >= 4 is 5.97 Å². The second-order valence-corrected chi connectivity index (χ2v) is 10.6. The van der Waals surface area contributed by atoms with Crippen LogP contribution in [0.25, 0.3) is 0 Å². The molecule has 0 radical (unpaired) electrons. The summed E-state index contributed by atoms with van der Waals surface area (Å²) in [6.45, 7) is 5.43. The highest BCUT2D eigenvalue weighted by Gasteiger charge is 2.90. The molecule has 0 N–H and O–H groups in total. The molecule has 1 aromatic carbocycles. The number of hydrogen-bond acceptors (Lipinski definition) is 2. The summed E-state index contributed by atoms with van der Waals surface area (Å²) in [5.41, 5.74) is 0.168. The first kappa shape index (κ1) is 34.0. The fraction of sp³-hybridized carbons (Fsp3) is 0.720. The third-order valence-electron chi connectivity index (χ3n) is 7.42. The topological polar surface area (TPSA) is 26.3 Å². The highest BCUT2D eigenvalue weighted by atomic mass is 19.4. The Bertz CT molecular complexity index is 1020. The Labute approximate surface area is 221 Å². The molecular weight excluding hydrogens is 579 g/mol. The maximum Gasteiger partial charge on any atom is 0.460 e. The van der Waals surface area contributed by atoms with Crippen LogP contribution in [0.5, 0.6) is 0 Å². The molecule has 0 aromatic heterocycles. The molecule has 40 heavy (non-hydrogen) atoms. The molecule has 0 spiro atoms. The predicted molar refractivity (Wildman–Crippen MR) is 116 cm³/mol. The lowest BCUT2D eigenvalue weighted by atomic mass is 9.64. The quantitative estimate of drug-likeness (QED) is 0.197. The molecule has 1 saturated carbocycles. The minimum Gasteiger partial charge on any atom is -0.462 e. The summed E-state index contributed by atoms with van der Waals surface area (Å²) in [6, 6.07) is 8.82. The zero-order chi connectivity index (χ0) is 31.2. The fourth-order valence-electron chi connectivity index (χ4n) is 4.81. The van der Waals surface area contributed by atoms with Crippen molar-refractivity contribution < 1.29 is 66.6 Å². The Morgan fingerprint density at radius 1 is 0.775 bits per heavy atom. The summed E-state index contributed by atoms with van der Waals surface area (Å²) in [7, 11) is 0. The Balaban J connectivity index is 2.22. The summed E-state index contributed by atoms with van der Waals surface area (Å²) in [6.07, 6.45) is -11.4. The number of esters is 1. The lowest BCUT2D eigenvalue weighted by Crippen LogP contribution is -2.70. The first-order valence-electron chi connectivity index (χ1n) is 12.1. The molecule has 2 nitrogen and oxygen atoms in total. The number of ether oxygens (including phenoxy) is 1. The highest BCUT2D eigenvalue weighted by molar-refractivity contribution is 5.69. The first-order chi connectivity index (χ1) is 17.8. The molecule has 0 bridgehead atoms. The van der Waals surface area contributed by atoms with Crippen LogP contribution in [-0.2, 0) is 14.9 Å². The molecule has 0 amide bonds. The molecule has 1 fully saturated rings. The number of carbonyl (C=O) groups excluding carboxylic acids is 1. The minimum absolute atomic E-state index is 0.0254. The van der Waals surface area contributed by atoms with Crippen molar-refractivity contribution in [1.82, 2.24) is 0 Å². The first-order valence-corrected chi connectivity index (χ1v) is 12.1. The van der Waals surface area contributed by atoms with Gasteiger partial charge in [-0.05, 0) is 29.7 Å². The Morgan fingerprint density at radius 2 is 1.27 bits per heavy atom. The van der Waals surface area contributed by atoms with Crippen molar-refractivity contribution in [3.8, 4) is 0 Å². The van der Waals surface area contributed by atoms with Gasteiger partial charge in [-0.3, -0.25) is 4.79 Å². The Hall–Kier alpha value is -2.22. The SMILES string of the molecule is C[C@@H]1CC[C@@H](C(C)(C)c2ccccc2)[C@H](OC(=O)CCC(F)(F)C(F)(F)C(F)(F)C(F)(F)C(F)(F)C(F)(F)F)C1. The maximum atomic E-state index is 14.1. The molecule has 1 aliphatic rings. The Kier molecular flexibility index (Phi) is 9.25. The summed E-state index contributed by atoms with van der Waals surface area (Å²) in [5, 5.41) is 0. The average Bonchev–Trinajstić information content (AvgIpc) is 2.82. The number of benzene rings is 1. The van der Waals surface area contributed by atoms with E-state index in [9.17, 15) is 61.9 Å². The molecular formula is C25H27F13O2. The van der Waals surface area contributed by atoms with Crippen LogP contribution >= 0.6 is 0 Å². The van der Waals surface area contributed by atoms with Gasteiger partial charge in [0.25, 0.3) is 0 Å². The summed E-state index contributed by atoms with van der Waals surface area (Å²) >= 11 is 0. The van der Waals surface area contributed by atoms with Gasteiger partial charge < -0.3 is 4.74 Å².